The second-order valence-electron chi connectivity index (χ2n) is 2.95. The average molecular weight is 157 g/mol. The third-order valence-electron chi connectivity index (χ3n) is 1.24. The van der Waals surface area contributed by atoms with E-state index in [1.807, 2.05) is 13.8 Å². The van der Waals surface area contributed by atoms with Crippen molar-refractivity contribution in [2.24, 2.45) is 5.92 Å². The maximum absolute atomic E-state index is 10.6. The minimum Gasteiger partial charge on any atom is -0.469 e. The van der Waals surface area contributed by atoms with Gasteiger partial charge < -0.3 is 10.1 Å². The van der Waals surface area contributed by atoms with Crippen LogP contribution >= 0.6 is 0 Å². The van der Waals surface area contributed by atoms with Gasteiger partial charge in [-0.1, -0.05) is 13.8 Å². The summed E-state index contributed by atoms with van der Waals surface area (Å²) in [6.45, 7) is 4.04. The molecule has 0 aromatic rings. The summed E-state index contributed by atoms with van der Waals surface area (Å²) in [4.78, 5) is 10.6. The Morgan fingerprint density at radius 1 is 1.55 bits per heavy atom. The highest BCUT2D eigenvalue weighted by Crippen LogP contribution is 2.03. The van der Waals surface area contributed by atoms with Gasteiger partial charge in [-0.25, -0.2) is 0 Å². The fourth-order valence-electron chi connectivity index (χ4n) is 0.811. The normalized spacial score (nSPS) is 9.82. The Hall–Kier alpha value is -0.860. The minimum absolute atomic E-state index is 0.134. The number of esters is 1. The summed E-state index contributed by atoms with van der Waals surface area (Å²) in [6.07, 6.45) is 0.809. The van der Waals surface area contributed by atoms with Crippen LogP contribution < -0.4 is 0 Å². The van der Waals surface area contributed by atoms with Crippen molar-refractivity contribution in [3.63, 3.8) is 0 Å². The minimum atomic E-state index is -0.323. The molecule has 0 spiro atoms. The lowest BCUT2D eigenvalue weighted by Crippen LogP contribution is -2.10. The van der Waals surface area contributed by atoms with Crippen LogP contribution in [0.2, 0.25) is 0 Å². The van der Waals surface area contributed by atoms with E-state index < -0.39 is 0 Å². The van der Waals surface area contributed by atoms with E-state index in [2.05, 4.69) is 4.74 Å². The Morgan fingerprint density at radius 2 is 2.09 bits per heavy atom. The lowest BCUT2D eigenvalue weighted by molar-refractivity contribution is -0.139. The van der Waals surface area contributed by atoms with Gasteiger partial charge in [0, 0.05) is 5.71 Å². The molecule has 0 radical (unpaired) electrons. The highest BCUT2D eigenvalue weighted by Gasteiger charge is 2.06. The topological polar surface area (TPSA) is 50.2 Å². The van der Waals surface area contributed by atoms with E-state index in [1.54, 1.807) is 0 Å². The molecule has 0 aromatic carbocycles. The lowest BCUT2D eigenvalue weighted by atomic mass is 10.0. The Kier molecular flexibility index (Phi) is 4.50. The number of carbonyl (C=O) groups is 1. The molecule has 0 aliphatic carbocycles. The van der Waals surface area contributed by atoms with Gasteiger partial charge >= 0.3 is 5.97 Å². The molecule has 11 heavy (non-hydrogen) atoms. The molecule has 0 atom stereocenters. The van der Waals surface area contributed by atoms with Gasteiger partial charge in [0.2, 0.25) is 0 Å². The van der Waals surface area contributed by atoms with Crippen LogP contribution in [0.4, 0.5) is 0 Å². The van der Waals surface area contributed by atoms with E-state index in [-0.39, 0.29) is 12.4 Å². The first-order valence-electron chi connectivity index (χ1n) is 3.69. The molecular formula is C8H15NO2. The largest absolute Gasteiger partial charge is 0.469 e. The van der Waals surface area contributed by atoms with Crippen molar-refractivity contribution < 1.29 is 9.53 Å². The molecular weight excluding hydrogens is 142 g/mol. The van der Waals surface area contributed by atoms with Gasteiger partial charge in [-0.2, -0.15) is 0 Å². The monoisotopic (exact) mass is 157 g/mol. The van der Waals surface area contributed by atoms with Crippen LogP contribution in [-0.2, 0) is 9.53 Å². The Morgan fingerprint density at radius 3 is 2.45 bits per heavy atom. The molecule has 0 bridgehead atoms. The van der Waals surface area contributed by atoms with E-state index in [0.717, 1.165) is 0 Å². The Labute approximate surface area is 67.3 Å². The van der Waals surface area contributed by atoms with Crippen molar-refractivity contribution in [3.05, 3.63) is 0 Å². The Bertz CT molecular complexity index is 152. The first-order valence-corrected chi connectivity index (χ1v) is 3.69. The predicted molar refractivity (Wildman–Crippen MR) is 43.8 cm³/mol. The number of nitrogens with one attached hydrogen (secondary N) is 1. The van der Waals surface area contributed by atoms with Crippen LogP contribution in [0.25, 0.3) is 0 Å². The Balaban J connectivity index is 3.61. The molecule has 3 heteroatoms. The third kappa shape index (κ3) is 5.58. The smallest absolute Gasteiger partial charge is 0.311 e. The molecule has 0 aliphatic heterocycles. The maximum Gasteiger partial charge on any atom is 0.311 e. The van der Waals surface area contributed by atoms with Gasteiger partial charge in [0.05, 0.1) is 13.5 Å². The number of hydrogen-bond acceptors (Lipinski definition) is 3. The van der Waals surface area contributed by atoms with E-state index >= 15 is 0 Å². The SMILES string of the molecule is COC(=O)CC(=N)CC(C)C. The van der Waals surface area contributed by atoms with Crippen molar-refractivity contribution in [3.8, 4) is 0 Å². The highest BCUT2D eigenvalue weighted by atomic mass is 16.5. The number of rotatable bonds is 4. The summed E-state index contributed by atoms with van der Waals surface area (Å²) in [5.41, 5.74) is 0.451. The first kappa shape index (κ1) is 10.1. The molecule has 3 nitrogen and oxygen atoms in total. The first-order chi connectivity index (χ1) is 5.06. The summed E-state index contributed by atoms with van der Waals surface area (Å²) in [7, 11) is 1.34. The van der Waals surface area contributed by atoms with Crippen LogP contribution in [0, 0.1) is 11.3 Å². The van der Waals surface area contributed by atoms with Gasteiger partial charge in [-0.3, -0.25) is 4.79 Å². The summed E-state index contributed by atoms with van der Waals surface area (Å²) in [5.74, 6) is 0.114. The van der Waals surface area contributed by atoms with Crippen molar-refractivity contribution in [2.45, 2.75) is 26.7 Å². The van der Waals surface area contributed by atoms with Gasteiger partial charge in [0.1, 0.15) is 0 Å². The second kappa shape index (κ2) is 4.88. The van der Waals surface area contributed by atoms with Gasteiger partial charge in [-0.15, -0.1) is 0 Å². The zero-order valence-corrected chi connectivity index (χ0v) is 7.31. The zero-order valence-electron chi connectivity index (χ0n) is 7.31. The van der Waals surface area contributed by atoms with Crippen molar-refractivity contribution in [2.75, 3.05) is 7.11 Å². The molecule has 0 saturated carbocycles. The zero-order chi connectivity index (χ0) is 8.85. The molecule has 0 rings (SSSR count). The molecule has 0 aliphatic rings. The maximum atomic E-state index is 10.6. The highest BCUT2D eigenvalue weighted by molar-refractivity contribution is 5.97. The van der Waals surface area contributed by atoms with E-state index in [1.165, 1.54) is 7.11 Å². The quantitative estimate of drug-likeness (QED) is 0.498. The summed E-state index contributed by atoms with van der Waals surface area (Å²) < 4.78 is 4.42. The van der Waals surface area contributed by atoms with Crippen molar-refractivity contribution in [1.29, 1.82) is 5.41 Å². The lowest BCUT2D eigenvalue weighted by Gasteiger charge is -2.04. The molecule has 0 saturated heterocycles. The molecule has 0 fully saturated rings. The van der Waals surface area contributed by atoms with Crippen molar-refractivity contribution in [1.82, 2.24) is 0 Å². The standard InChI is InChI=1S/C8H15NO2/c1-6(2)4-7(9)5-8(10)11-3/h6,9H,4-5H2,1-3H3. The number of methoxy groups -OCH3 is 1. The third-order valence-corrected chi connectivity index (χ3v) is 1.24. The van der Waals surface area contributed by atoms with Crippen molar-refractivity contribution >= 4 is 11.7 Å². The van der Waals surface area contributed by atoms with Crippen LogP contribution in [0.5, 0.6) is 0 Å². The van der Waals surface area contributed by atoms with Crippen LogP contribution in [0.3, 0.4) is 0 Å². The predicted octanol–water partition coefficient (Wildman–Crippen LogP) is 1.62. The number of hydrogen-bond donors (Lipinski definition) is 1. The fourth-order valence-corrected chi connectivity index (χ4v) is 0.811. The van der Waals surface area contributed by atoms with Gasteiger partial charge in [-0.05, 0) is 12.3 Å². The van der Waals surface area contributed by atoms with Crippen LogP contribution in [-0.4, -0.2) is 18.8 Å². The molecule has 0 amide bonds. The summed E-state index contributed by atoms with van der Waals surface area (Å²) in [6, 6.07) is 0. The van der Waals surface area contributed by atoms with Crippen LogP contribution in [0.15, 0.2) is 0 Å². The number of carbonyl (C=O) groups excluding carboxylic acids is 1. The molecule has 0 aromatic heterocycles. The van der Waals surface area contributed by atoms with E-state index in [4.69, 9.17) is 5.41 Å². The molecule has 1 N–H and O–H groups in total. The van der Waals surface area contributed by atoms with Crippen LogP contribution in [0.1, 0.15) is 26.7 Å². The van der Waals surface area contributed by atoms with Gasteiger partial charge in [0.25, 0.3) is 0 Å². The summed E-state index contributed by atoms with van der Waals surface area (Å²) >= 11 is 0. The molecule has 64 valence electrons. The molecule has 0 unspecified atom stereocenters. The van der Waals surface area contributed by atoms with E-state index in [9.17, 15) is 4.79 Å². The van der Waals surface area contributed by atoms with Gasteiger partial charge in [0.15, 0.2) is 0 Å². The summed E-state index contributed by atoms with van der Waals surface area (Å²) in [5, 5.41) is 7.35. The molecule has 0 heterocycles. The number of ether oxygens (including phenoxy) is 1. The average Bonchev–Trinajstić information content (AvgIpc) is 1.85. The van der Waals surface area contributed by atoms with E-state index in [0.29, 0.717) is 18.1 Å². The second-order valence-corrected chi connectivity index (χ2v) is 2.95. The fraction of sp³-hybridized carbons (Fsp3) is 0.750.